The van der Waals surface area contributed by atoms with Gasteiger partial charge in [0.1, 0.15) is 5.69 Å². The Labute approximate surface area is 103 Å². The maximum Gasteiger partial charge on any atom is 0.271 e. The summed E-state index contributed by atoms with van der Waals surface area (Å²) in [7, 11) is 0. The van der Waals surface area contributed by atoms with Crippen molar-refractivity contribution in [1.82, 2.24) is 15.3 Å². The molecule has 17 heavy (non-hydrogen) atoms. The minimum atomic E-state index is -0.148. The molecule has 0 unspecified atom stereocenters. The number of carbonyl (C=O) groups is 1. The quantitative estimate of drug-likeness (QED) is 0.871. The first kappa shape index (κ1) is 13.6. The highest BCUT2D eigenvalue weighted by Gasteiger charge is 2.26. The van der Waals surface area contributed by atoms with E-state index in [2.05, 4.69) is 36.1 Å². The van der Waals surface area contributed by atoms with Crippen LogP contribution in [0.1, 0.15) is 50.3 Å². The summed E-state index contributed by atoms with van der Waals surface area (Å²) in [5, 5.41) is 2.99. The van der Waals surface area contributed by atoms with Crippen LogP contribution in [0.25, 0.3) is 0 Å². The standard InChI is InChI=1S/C13H21N3O/c1-6-13(4,5)10(3)16-12(17)11-9(2)14-7-8-15-11/h7-8,10H,6H2,1-5H3,(H,16,17)/t10-/m0/s1. The molecule has 1 amide bonds. The van der Waals surface area contributed by atoms with Crippen molar-refractivity contribution in [1.29, 1.82) is 0 Å². The molecule has 0 aliphatic carbocycles. The van der Waals surface area contributed by atoms with E-state index in [1.165, 1.54) is 6.20 Å². The van der Waals surface area contributed by atoms with Gasteiger partial charge in [-0.25, -0.2) is 4.98 Å². The van der Waals surface area contributed by atoms with Crippen LogP contribution < -0.4 is 5.32 Å². The van der Waals surface area contributed by atoms with E-state index in [4.69, 9.17) is 0 Å². The van der Waals surface area contributed by atoms with E-state index in [9.17, 15) is 4.79 Å². The lowest BCUT2D eigenvalue weighted by atomic mass is 9.83. The first-order valence-corrected chi connectivity index (χ1v) is 5.97. The molecule has 0 spiro atoms. The number of aryl methyl sites for hydroxylation is 1. The van der Waals surface area contributed by atoms with Crippen molar-refractivity contribution >= 4 is 5.91 Å². The summed E-state index contributed by atoms with van der Waals surface area (Å²) in [6.45, 7) is 10.2. The summed E-state index contributed by atoms with van der Waals surface area (Å²) in [6.07, 6.45) is 4.14. The number of nitrogens with one attached hydrogen (secondary N) is 1. The Hall–Kier alpha value is -1.45. The zero-order valence-electron chi connectivity index (χ0n) is 11.2. The van der Waals surface area contributed by atoms with Gasteiger partial charge in [-0.2, -0.15) is 0 Å². The number of amides is 1. The van der Waals surface area contributed by atoms with E-state index >= 15 is 0 Å². The molecule has 4 nitrogen and oxygen atoms in total. The average molecular weight is 235 g/mol. The minimum absolute atomic E-state index is 0.0752. The smallest absolute Gasteiger partial charge is 0.271 e. The van der Waals surface area contributed by atoms with Crippen LogP contribution >= 0.6 is 0 Å². The SMILES string of the molecule is CCC(C)(C)[C@H](C)NC(=O)c1nccnc1C. The average Bonchev–Trinajstić information content (AvgIpc) is 2.29. The lowest BCUT2D eigenvalue weighted by molar-refractivity contribution is 0.0895. The van der Waals surface area contributed by atoms with Gasteiger partial charge in [-0.3, -0.25) is 9.78 Å². The fraction of sp³-hybridized carbons (Fsp3) is 0.615. The van der Waals surface area contributed by atoms with Gasteiger partial charge >= 0.3 is 0 Å². The molecule has 1 heterocycles. The summed E-state index contributed by atoms with van der Waals surface area (Å²) in [5.41, 5.74) is 1.14. The number of aromatic nitrogens is 2. The molecular formula is C13H21N3O. The molecule has 1 rings (SSSR count). The molecule has 1 aromatic heterocycles. The van der Waals surface area contributed by atoms with Crippen molar-refractivity contribution in [3.05, 3.63) is 23.8 Å². The van der Waals surface area contributed by atoms with Crippen LogP contribution in [0.15, 0.2) is 12.4 Å². The second-order valence-electron chi connectivity index (χ2n) is 5.03. The number of hydrogen-bond donors (Lipinski definition) is 1. The Morgan fingerprint density at radius 1 is 1.41 bits per heavy atom. The fourth-order valence-corrected chi connectivity index (χ4v) is 1.40. The van der Waals surface area contributed by atoms with Gasteiger partial charge in [-0.1, -0.05) is 20.8 Å². The summed E-state index contributed by atoms with van der Waals surface area (Å²) >= 11 is 0. The molecule has 0 aliphatic heterocycles. The monoisotopic (exact) mass is 235 g/mol. The lowest BCUT2D eigenvalue weighted by Crippen LogP contribution is -2.43. The van der Waals surface area contributed by atoms with Crippen LogP contribution in [-0.2, 0) is 0 Å². The molecule has 94 valence electrons. The van der Waals surface area contributed by atoms with Crippen molar-refractivity contribution in [2.24, 2.45) is 5.41 Å². The maximum atomic E-state index is 12.0. The van der Waals surface area contributed by atoms with Crippen LogP contribution in [0.4, 0.5) is 0 Å². The van der Waals surface area contributed by atoms with Crippen LogP contribution in [0.5, 0.6) is 0 Å². The van der Waals surface area contributed by atoms with E-state index < -0.39 is 0 Å². The van der Waals surface area contributed by atoms with E-state index in [1.54, 1.807) is 13.1 Å². The number of nitrogens with zero attached hydrogens (tertiary/aromatic N) is 2. The molecule has 0 aliphatic rings. The van der Waals surface area contributed by atoms with Gasteiger partial charge in [0, 0.05) is 18.4 Å². The van der Waals surface area contributed by atoms with Gasteiger partial charge in [0.05, 0.1) is 5.69 Å². The van der Waals surface area contributed by atoms with Crippen molar-refractivity contribution in [3.8, 4) is 0 Å². The molecule has 0 saturated heterocycles. The third kappa shape index (κ3) is 3.25. The normalized spacial score (nSPS) is 13.2. The first-order chi connectivity index (χ1) is 7.88. The number of rotatable bonds is 4. The van der Waals surface area contributed by atoms with Crippen LogP contribution in [0.2, 0.25) is 0 Å². The second-order valence-corrected chi connectivity index (χ2v) is 5.03. The van der Waals surface area contributed by atoms with Crippen LogP contribution in [0, 0.1) is 12.3 Å². The third-order valence-corrected chi connectivity index (χ3v) is 3.53. The zero-order chi connectivity index (χ0) is 13.1. The fourth-order valence-electron chi connectivity index (χ4n) is 1.40. The minimum Gasteiger partial charge on any atom is -0.348 e. The highest BCUT2D eigenvalue weighted by Crippen LogP contribution is 2.24. The molecule has 0 fully saturated rings. The maximum absolute atomic E-state index is 12.0. The van der Waals surface area contributed by atoms with E-state index in [-0.39, 0.29) is 17.4 Å². The topological polar surface area (TPSA) is 54.9 Å². The van der Waals surface area contributed by atoms with Gasteiger partial charge in [0.25, 0.3) is 5.91 Å². The summed E-state index contributed by atoms with van der Waals surface area (Å²) < 4.78 is 0. The van der Waals surface area contributed by atoms with Gasteiger partial charge in [0.2, 0.25) is 0 Å². The molecule has 0 radical (unpaired) electrons. The molecule has 1 atom stereocenters. The highest BCUT2D eigenvalue weighted by molar-refractivity contribution is 5.93. The Balaban J connectivity index is 2.77. The summed E-state index contributed by atoms with van der Waals surface area (Å²) in [6, 6.07) is 0.0985. The van der Waals surface area contributed by atoms with Gasteiger partial charge in [-0.15, -0.1) is 0 Å². The third-order valence-electron chi connectivity index (χ3n) is 3.53. The highest BCUT2D eigenvalue weighted by atomic mass is 16.2. The zero-order valence-corrected chi connectivity index (χ0v) is 11.2. The van der Waals surface area contributed by atoms with E-state index in [1.807, 2.05) is 6.92 Å². The molecule has 4 heteroatoms. The van der Waals surface area contributed by atoms with Gasteiger partial charge in [-0.05, 0) is 25.7 Å². The molecular weight excluding hydrogens is 214 g/mol. The molecule has 0 bridgehead atoms. The predicted molar refractivity (Wildman–Crippen MR) is 67.8 cm³/mol. The first-order valence-electron chi connectivity index (χ1n) is 5.97. The Bertz CT molecular complexity index is 401. The Morgan fingerprint density at radius 2 is 2.00 bits per heavy atom. The van der Waals surface area contributed by atoms with Crippen molar-refractivity contribution < 1.29 is 4.79 Å². The van der Waals surface area contributed by atoms with E-state index in [0.29, 0.717) is 11.4 Å². The number of hydrogen-bond acceptors (Lipinski definition) is 3. The molecule has 0 aromatic carbocycles. The predicted octanol–water partition coefficient (Wildman–Crippen LogP) is 2.34. The van der Waals surface area contributed by atoms with Crippen molar-refractivity contribution in [2.75, 3.05) is 0 Å². The molecule has 0 saturated carbocycles. The lowest BCUT2D eigenvalue weighted by Gasteiger charge is -2.31. The largest absolute Gasteiger partial charge is 0.348 e. The van der Waals surface area contributed by atoms with Crippen LogP contribution in [-0.4, -0.2) is 21.9 Å². The Kier molecular flexibility index (Phi) is 4.21. The van der Waals surface area contributed by atoms with Gasteiger partial charge < -0.3 is 5.32 Å². The second kappa shape index (κ2) is 5.25. The molecule has 1 N–H and O–H groups in total. The van der Waals surface area contributed by atoms with Crippen LogP contribution in [0.3, 0.4) is 0 Å². The van der Waals surface area contributed by atoms with Gasteiger partial charge in [0.15, 0.2) is 0 Å². The summed E-state index contributed by atoms with van der Waals surface area (Å²) in [4.78, 5) is 20.2. The van der Waals surface area contributed by atoms with E-state index in [0.717, 1.165) is 6.42 Å². The van der Waals surface area contributed by atoms with Crippen molar-refractivity contribution in [3.63, 3.8) is 0 Å². The number of carbonyl (C=O) groups excluding carboxylic acids is 1. The molecule has 1 aromatic rings. The van der Waals surface area contributed by atoms with Crippen molar-refractivity contribution in [2.45, 2.75) is 47.1 Å². The Morgan fingerprint density at radius 3 is 2.53 bits per heavy atom. The summed E-state index contributed by atoms with van der Waals surface area (Å²) in [5.74, 6) is -0.148.